The van der Waals surface area contributed by atoms with Gasteiger partial charge >= 0.3 is 17.8 Å². The Hall–Kier alpha value is -2.22. The van der Waals surface area contributed by atoms with Gasteiger partial charge in [0.15, 0.2) is 0 Å². The third-order valence-corrected chi connectivity index (χ3v) is 4.06. The summed E-state index contributed by atoms with van der Waals surface area (Å²) in [6, 6.07) is -0.765. The normalized spacial score (nSPS) is 25.4. The van der Waals surface area contributed by atoms with E-state index in [0.29, 0.717) is 18.0 Å². The van der Waals surface area contributed by atoms with Gasteiger partial charge in [0.1, 0.15) is 6.54 Å². The van der Waals surface area contributed by atoms with Crippen LogP contribution >= 0.6 is 0 Å². The number of nitrogens with two attached hydrogens (primary N) is 1. The number of rotatable bonds is 5. The lowest BCUT2D eigenvalue weighted by Gasteiger charge is -2.23. The maximum Gasteiger partial charge on any atom is 0.335 e. The lowest BCUT2D eigenvalue weighted by Crippen LogP contribution is -2.44. The Bertz CT molecular complexity index is 533. The molecular weight excluding hydrogens is 288 g/mol. The first-order chi connectivity index (χ1) is 10.4. The molecule has 22 heavy (non-hydrogen) atoms. The second-order valence-electron chi connectivity index (χ2n) is 5.61. The van der Waals surface area contributed by atoms with Crippen LogP contribution in [-0.4, -0.2) is 70.7 Å². The molecule has 2 atom stereocenters. The zero-order valence-electron chi connectivity index (χ0n) is 12.5. The zero-order valence-corrected chi connectivity index (χ0v) is 12.5. The molecule has 0 aromatic rings. The molecule has 5 amide bonds. The fourth-order valence-corrected chi connectivity index (χ4v) is 2.87. The number of carbonyl (C=O) groups is 4. The number of likely N-dealkylation sites (tertiary alicyclic amines) is 1. The van der Waals surface area contributed by atoms with Gasteiger partial charge in [-0.2, -0.15) is 0 Å². The van der Waals surface area contributed by atoms with Crippen LogP contribution in [-0.2, 0) is 14.4 Å². The molecule has 0 saturated carbocycles. The Kier molecular flexibility index (Phi) is 4.60. The van der Waals surface area contributed by atoms with Crippen LogP contribution in [0.5, 0.6) is 0 Å². The van der Waals surface area contributed by atoms with Crippen LogP contribution in [0, 0.1) is 5.92 Å². The molecule has 0 spiro atoms. The highest BCUT2D eigenvalue weighted by Gasteiger charge is 2.45. The first-order valence-electron chi connectivity index (χ1n) is 7.18. The van der Waals surface area contributed by atoms with Gasteiger partial charge in [0, 0.05) is 19.1 Å². The number of urea groups is 1. The minimum atomic E-state index is -0.970. The summed E-state index contributed by atoms with van der Waals surface area (Å²) in [5.74, 6) is -2.02. The van der Waals surface area contributed by atoms with Gasteiger partial charge in [-0.3, -0.25) is 19.3 Å². The van der Waals surface area contributed by atoms with Crippen LogP contribution in [0.1, 0.15) is 13.3 Å². The van der Waals surface area contributed by atoms with Gasteiger partial charge in [0.05, 0.1) is 0 Å². The predicted octanol–water partition coefficient (Wildman–Crippen LogP) is -0.841. The van der Waals surface area contributed by atoms with Crippen molar-refractivity contribution in [3.63, 3.8) is 0 Å². The Labute approximate surface area is 128 Å². The Morgan fingerprint density at radius 3 is 2.50 bits per heavy atom. The predicted molar refractivity (Wildman–Crippen MR) is 77.4 cm³/mol. The molecule has 8 nitrogen and oxygen atoms in total. The molecule has 2 aliphatic rings. The largest absolute Gasteiger partial charge is 0.338 e. The second-order valence-corrected chi connectivity index (χ2v) is 5.61. The Morgan fingerprint density at radius 2 is 1.95 bits per heavy atom. The van der Waals surface area contributed by atoms with Crippen molar-refractivity contribution >= 4 is 23.8 Å². The monoisotopic (exact) mass is 308 g/mol. The van der Waals surface area contributed by atoms with Gasteiger partial charge in [-0.05, 0) is 25.8 Å². The number of amides is 5. The van der Waals surface area contributed by atoms with Crippen molar-refractivity contribution in [3.8, 4) is 0 Å². The van der Waals surface area contributed by atoms with E-state index in [2.05, 4.69) is 6.58 Å². The van der Waals surface area contributed by atoms with Crippen molar-refractivity contribution in [3.05, 3.63) is 12.7 Å². The first-order valence-corrected chi connectivity index (χ1v) is 7.18. The number of imide groups is 2. The molecule has 0 aromatic carbocycles. The minimum Gasteiger partial charge on any atom is -0.338 e. The lowest BCUT2D eigenvalue weighted by atomic mass is 10.1. The van der Waals surface area contributed by atoms with Gasteiger partial charge in [-0.1, -0.05) is 6.08 Å². The topological polar surface area (TPSA) is 104 Å². The summed E-state index contributed by atoms with van der Waals surface area (Å²) in [6.07, 6.45) is 2.15. The summed E-state index contributed by atoms with van der Waals surface area (Å²) in [7, 11) is 0. The van der Waals surface area contributed by atoms with Crippen molar-refractivity contribution in [2.75, 3.05) is 26.2 Å². The molecule has 2 fully saturated rings. The molecule has 2 unspecified atom stereocenters. The van der Waals surface area contributed by atoms with E-state index in [4.69, 9.17) is 5.73 Å². The molecular formula is C14H20N4O4. The van der Waals surface area contributed by atoms with E-state index >= 15 is 0 Å². The van der Waals surface area contributed by atoms with Crippen LogP contribution in [0.25, 0.3) is 0 Å². The molecule has 0 aliphatic carbocycles. The first kappa shape index (κ1) is 16.2. The van der Waals surface area contributed by atoms with E-state index in [9.17, 15) is 19.2 Å². The average Bonchev–Trinajstić information content (AvgIpc) is 2.96. The minimum absolute atomic E-state index is 0.00818. The molecule has 0 radical (unpaired) electrons. The molecule has 2 heterocycles. The van der Waals surface area contributed by atoms with Gasteiger partial charge < -0.3 is 10.6 Å². The highest BCUT2D eigenvalue weighted by Crippen LogP contribution is 2.23. The SMILES string of the molecule is C=CCN1C(=O)C(=O)N(CC(=O)N2CC(CN)CC2C)C1=O. The van der Waals surface area contributed by atoms with Crippen molar-refractivity contribution in [1.82, 2.24) is 14.7 Å². The summed E-state index contributed by atoms with van der Waals surface area (Å²) >= 11 is 0. The summed E-state index contributed by atoms with van der Waals surface area (Å²) in [6.45, 7) is 5.86. The van der Waals surface area contributed by atoms with Gasteiger partial charge in [0.25, 0.3) is 0 Å². The number of nitrogens with zero attached hydrogens (tertiary/aromatic N) is 3. The number of carbonyl (C=O) groups excluding carboxylic acids is 4. The van der Waals surface area contributed by atoms with Crippen molar-refractivity contribution in [2.45, 2.75) is 19.4 Å². The van der Waals surface area contributed by atoms with E-state index < -0.39 is 24.4 Å². The van der Waals surface area contributed by atoms with Crippen LogP contribution < -0.4 is 5.73 Å². The number of hydrogen-bond donors (Lipinski definition) is 1. The molecule has 120 valence electrons. The molecule has 2 aliphatic heterocycles. The highest BCUT2D eigenvalue weighted by molar-refractivity contribution is 6.45. The smallest absolute Gasteiger partial charge is 0.335 e. The maximum atomic E-state index is 12.3. The van der Waals surface area contributed by atoms with Gasteiger partial charge in [-0.15, -0.1) is 6.58 Å². The highest BCUT2D eigenvalue weighted by atomic mass is 16.2. The van der Waals surface area contributed by atoms with E-state index in [-0.39, 0.29) is 24.4 Å². The molecule has 2 saturated heterocycles. The van der Waals surface area contributed by atoms with Crippen LogP contribution in [0.4, 0.5) is 4.79 Å². The van der Waals surface area contributed by atoms with Crippen LogP contribution in [0.15, 0.2) is 12.7 Å². The molecule has 2 rings (SSSR count). The summed E-state index contributed by atoms with van der Waals surface area (Å²) in [5, 5.41) is 0. The maximum absolute atomic E-state index is 12.3. The standard InChI is InChI=1S/C14H20N4O4/c1-3-4-16-12(20)13(21)18(14(16)22)8-11(19)17-7-10(6-15)5-9(17)2/h3,9-10H,1,4-8,15H2,2H3. The van der Waals surface area contributed by atoms with Crippen molar-refractivity contribution in [2.24, 2.45) is 11.7 Å². The quantitative estimate of drug-likeness (QED) is 0.405. The van der Waals surface area contributed by atoms with Crippen LogP contribution in [0.2, 0.25) is 0 Å². The van der Waals surface area contributed by atoms with Crippen LogP contribution in [0.3, 0.4) is 0 Å². The third-order valence-electron chi connectivity index (χ3n) is 4.06. The molecule has 8 heteroatoms. The van der Waals surface area contributed by atoms with E-state index in [0.717, 1.165) is 11.3 Å². The fraction of sp³-hybridized carbons (Fsp3) is 0.571. The molecule has 0 bridgehead atoms. The van der Waals surface area contributed by atoms with Gasteiger partial charge in [0.2, 0.25) is 5.91 Å². The summed E-state index contributed by atoms with van der Waals surface area (Å²) in [4.78, 5) is 51.0. The van der Waals surface area contributed by atoms with E-state index in [1.807, 2.05) is 6.92 Å². The Morgan fingerprint density at radius 1 is 1.32 bits per heavy atom. The van der Waals surface area contributed by atoms with Gasteiger partial charge in [-0.25, -0.2) is 9.69 Å². The Balaban J connectivity index is 2.05. The lowest BCUT2D eigenvalue weighted by molar-refractivity contribution is -0.144. The molecule has 0 aromatic heterocycles. The summed E-state index contributed by atoms with van der Waals surface area (Å²) in [5.41, 5.74) is 5.62. The number of hydrogen-bond acceptors (Lipinski definition) is 5. The third kappa shape index (κ3) is 2.74. The fourth-order valence-electron chi connectivity index (χ4n) is 2.87. The zero-order chi connectivity index (χ0) is 16.4. The van der Waals surface area contributed by atoms with E-state index in [1.54, 1.807) is 4.90 Å². The molecule has 2 N–H and O–H groups in total. The average molecular weight is 308 g/mol. The van der Waals surface area contributed by atoms with E-state index in [1.165, 1.54) is 6.08 Å². The summed E-state index contributed by atoms with van der Waals surface area (Å²) < 4.78 is 0. The van der Waals surface area contributed by atoms with Crippen molar-refractivity contribution in [1.29, 1.82) is 0 Å². The second kappa shape index (κ2) is 6.27. The van der Waals surface area contributed by atoms with Crippen molar-refractivity contribution < 1.29 is 19.2 Å².